The third kappa shape index (κ3) is 1.23. The second-order valence-corrected chi connectivity index (χ2v) is 3.46. The summed E-state index contributed by atoms with van der Waals surface area (Å²) in [4.78, 5) is 0. The van der Waals surface area contributed by atoms with Gasteiger partial charge in [-0.2, -0.15) is 9.61 Å². The first-order chi connectivity index (χ1) is 7.74. The van der Waals surface area contributed by atoms with E-state index in [1.54, 1.807) is 6.07 Å². The Hall–Kier alpha value is -2.37. The second-order valence-electron chi connectivity index (χ2n) is 3.46. The number of fused-ring (bicyclic) bond motifs is 1. The number of nitrogens with zero attached hydrogens (tertiary/aromatic N) is 4. The summed E-state index contributed by atoms with van der Waals surface area (Å²) >= 11 is 0. The number of hydrogen-bond acceptors (Lipinski definition) is 5. The summed E-state index contributed by atoms with van der Waals surface area (Å²) in [5.41, 5.74) is 6.94. The molecule has 0 aliphatic heterocycles. The Morgan fingerprint density at radius 2 is 2.06 bits per heavy atom. The summed E-state index contributed by atoms with van der Waals surface area (Å²) in [5.74, 6) is 1.81. The number of nitrogen functional groups attached to an aromatic ring is 1. The molecule has 0 fully saturated rings. The Kier molecular flexibility index (Phi) is 1.70. The van der Waals surface area contributed by atoms with Gasteiger partial charge in [-0.15, -0.1) is 10.2 Å². The molecule has 3 aromatic rings. The molecule has 3 aromatic heterocycles. The van der Waals surface area contributed by atoms with E-state index in [2.05, 4.69) is 15.3 Å². The van der Waals surface area contributed by atoms with Crippen LogP contribution in [-0.4, -0.2) is 19.8 Å². The molecule has 3 rings (SSSR count). The van der Waals surface area contributed by atoms with Gasteiger partial charge in [0.25, 0.3) is 0 Å². The Balaban J connectivity index is 2.21. The fourth-order valence-corrected chi connectivity index (χ4v) is 1.51. The topological polar surface area (TPSA) is 82.2 Å². The molecule has 0 atom stereocenters. The first kappa shape index (κ1) is 8.90. The Morgan fingerprint density at radius 1 is 1.19 bits per heavy atom. The van der Waals surface area contributed by atoms with Crippen molar-refractivity contribution in [1.29, 1.82) is 0 Å². The lowest BCUT2D eigenvalue weighted by Gasteiger charge is -1.97. The van der Waals surface area contributed by atoms with Crippen LogP contribution in [-0.2, 0) is 0 Å². The van der Waals surface area contributed by atoms with Crippen LogP contribution in [0.1, 0.15) is 5.76 Å². The molecule has 0 spiro atoms. The molecule has 0 saturated heterocycles. The van der Waals surface area contributed by atoms with Crippen LogP contribution in [0.2, 0.25) is 0 Å². The molecule has 0 bridgehead atoms. The van der Waals surface area contributed by atoms with Gasteiger partial charge in [-0.1, -0.05) is 0 Å². The van der Waals surface area contributed by atoms with Crippen molar-refractivity contribution in [3.8, 4) is 11.5 Å². The summed E-state index contributed by atoms with van der Waals surface area (Å²) in [6.07, 6.45) is 0. The number of aryl methyl sites for hydroxylation is 1. The van der Waals surface area contributed by atoms with Crippen molar-refractivity contribution in [1.82, 2.24) is 19.8 Å². The molecule has 6 nitrogen and oxygen atoms in total. The van der Waals surface area contributed by atoms with Gasteiger partial charge < -0.3 is 10.2 Å². The van der Waals surface area contributed by atoms with E-state index < -0.39 is 0 Å². The second kappa shape index (κ2) is 3.06. The molecule has 6 heteroatoms. The molecule has 0 aliphatic carbocycles. The minimum Gasteiger partial charge on any atom is -0.460 e. The molecular weight excluding hydrogens is 206 g/mol. The molecule has 0 unspecified atom stereocenters. The third-order valence-corrected chi connectivity index (χ3v) is 2.28. The van der Waals surface area contributed by atoms with Gasteiger partial charge in [-0.3, -0.25) is 0 Å². The van der Waals surface area contributed by atoms with E-state index in [4.69, 9.17) is 10.2 Å². The van der Waals surface area contributed by atoms with Gasteiger partial charge in [0.2, 0.25) is 5.95 Å². The van der Waals surface area contributed by atoms with Crippen molar-refractivity contribution >= 4 is 11.6 Å². The van der Waals surface area contributed by atoms with E-state index in [1.807, 2.05) is 25.1 Å². The maximum Gasteiger partial charge on any atom is 0.243 e. The molecule has 2 N–H and O–H groups in total. The van der Waals surface area contributed by atoms with Crippen LogP contribution in [0, 0.1) is 6.92 Å². The van der Waals surface area contributed by atoms with Gasteiger partial charge in [0, 0.05) is 0 Å². The van der Waals surface area contributed by atoms with Crippen molar-refractivity contribution in [3.63, 3.8) is 0 Å². The van der Waals surface area contributed by atoms with Crippen LogP contribution in [0.25, 0.3) is 17.1 Å². The van der Waals surface area contributed by atoms with E-state index in [9.17, 15) is 0 Å². The van der Waals surface area contributed by atoms with Crippen molar-refractivity contribution in [2.75, 3.05) is 5.73 Å². The average molecular weight is 215 g/mol. The average Bonchev–Trinajstić information content (AvgIpc) is 2.86. The van der Waals surface area contributed by atoms with Crippen LogP contribution in [0.5, 0.6) is 0 Å². The van der Waals surface area contributed by atoms with Crippen LogP contribution in [0.4, 0.5) is 5.95 Å². The first-order valence-electron chi connectivity index (χ1n) is 4.79. The highest BCUT2D eigenvalue weighted by Gasteiger charge is 2.08. The third-order valence-electron chi connectivity index (χ3n) is 2.28. The van der Waals surface area contributed by atoms with Gasteiger partial charge >= 0.3 is 0 Å². The summed E-state index contributed by atoms with van der Waals surface area (Å²) in [7, 11) is 0. The molecule has 0 aliphatic rings. The van der Waals surface area contributed by atoms with Crippen LogP contribution >= 0.6 is 0 Å². The highest BCUT2D eigenvalue weighted by atomic mass is 16.3. The minimum absolute atomic E-state index is 0.264. The number of nitrogens with two attached hydrogens (primary N) is 1. The Bertz CT molecular complexity index is 654. The maximum atomic E-state index is 5.62. The molecule has 16 heavy (non-hydrogen) atoms. The predicted molar refractivity (Wildman–Crippen MR) is 57.6 cm³/mol. The zero-order valence-electron chi connectivity index (χ0n) is 8.58. The van der Waals surface area contributed by atoms with Crippen LogP contribution in [0.3, 0.4) is 0 Å². The first-order valence-corrected chi connectivity index (χ1v) is 4.79. The monoisotopic (exact) mass is 215 g/mol. The number of furan rings is 1. The standard InChI is InChI=1S/C10H9N5O/c1-6-2-4-8(16-6)7-3-5-9-12-13-10(11)15(9)14-7/h2-5H,1H3,(H2,11,13). The minimum atomic E-state index is 0.264. The summed E-state index contributed by atoms with van der Waals surface area (Å²) in [5, 5.41) is 11.9. The van der Waals surface area contributed by atoms with Gasteiger partial charge in [0.15, 0.2) is 11.4 Å². The van der Waals surface area contributed by atoms with Gasteiger partial charge in [-0.25, -0.2) is 0 Å². The lowest BCUT2D eigenvalue weighted by molar-refractivity contribution is 0.545. The number of anilines is 1. The van der Waals surface area contributed by atoms with E-state index in [0.717, 1.165) is 5.76 Å². The summed E-state index contributed by atoms with van der Waals surface area (Å²) in [6, 6.07) is 7.37. The quantitative estimate of drug-likeness (QED) is 0.661. The zero-order valence-corrected chi connectivity index (χ0v) is 8.58. The lowest BCUT2D eigenvalue weighted by atomic mass is 10.3. The molecule has 0 saturated carbocycles. The molecule has 0 aromatic carbocycles. The largest absolute Gasteiger partial charge is 0.460 e. The van der Waals surface area contributed by atoms with E-state index >= 15 is 0 Å². The fraction of sp³-hybridized carbons (Fsp3) is 0.100. The van der Waals surface area contributed by atoms with Gasteiger partial charge in [-0.05, 0) is 31.2 Å². The number of aromatic nitrogens is 4. The fourth-order valence-electron chi connectivity index (χ4n) is 1.51. The zero-order chi connectivity index (χ0) is 11.1. The molecule has 80 valence electrons. The van der Waals surface area contributed by atoms with E-state index in [1.165, 1.54) is 4.52 Å². The van der Waals surface area contributed by atoms with Gasteiger partial charge in [0.1, 0.15) is 11.5 Å². The van der Waals surface area contributed by atoms with Crippen LogP contribution in [0.15, 0.2) is 28.7 Å². The molecule has 0 radical (unpaired) electrons. The number of hydrogen-bond donors (Lipinski definition) is 1. The Morgan fingerprint density at radius 3 is 2.81 bits per heavy atom. The van der Waals surface area contributed by atoms with Crippen LogP contribution < -0.4 is 5.73 Å². The maximum absolute atomic E-state index is 5.62. The normalized spacial score (nSPS) is 11.1. The van der Waals surface area contributed by atoms with Crippen molar-refractivity contribution in [2.45, 2.75) is 6.92 Å². The number of rotatable bonds is 1. The highest BCUT2D eigenvalue weighted by molar-refractivity contribution is 5.55. The predicted octanol–water partition coefficient (Wildman–Crippen LogP) is 1.27. The van der Waals surface area contributed by atoms with Gasteiger partial charge in [0.05, 0.1) is 0 Å². The smallest absolute Gasteiger partial charge is 0.243 e. The van der Waals surface area contributed by atoms with Crippen molar-refractivity contribution in [3.05, 3.63) is 30.0 Å². The molecule has 0 amide bonds. The highest BCUT2D eigenvalue weighted by Crippen LogP contribution is 2.20. The van der Waals surface area contributed by atoms with E-state index in [-0.39, 0.29) is 5.95 Å². The lowest BCUT2D eigenvalue weighted by Crippen LogP contribution is -1.99. The van der Waals surface area contributed by atoms with E-state index in [0.29, 0.717) is 17.1 Å². The van der Waals surface area contributed by atoms with Crippen molar-refractivity contribution in [2.24, 2.45) is 0 Å². The van der Waals surface area contributed by atoms with Crippen molar-refractivity contribution < 1.29 is 4.42 Å². The Labute approximate surface area is 90.7 Å². The summed E-state index contributed by atoms with van der Waals surface area (Å²) in [6.45, 7) is 1.88. The molecule has 3 heterocycles. The SMILES string of the molecule is Cc1ccc(-c2ccc3nnc(N)n3n2)o1. The summed E-state index contributed by atoms with van der Waals surface area (Å²) < 4.78 is 6.96. The molecular formula is C10H9N5O.